The summed E-state index contributed by atoms with van der Waals surface area (Å²) >= 11 is 0. The van der Waals surface area contributed by atoms with Crippen LogP contribution in [0.1, 0.15) is 35.4 Å². The van der Waals surface area contributed by atoms with Gasteiger partial charge in [0.25, 0.3) is 0 Å². The molecule has 1 amide bonds. The maximum absolute atomic E-state index is 12.1. The maximum atomic E-state index is 12.1. The summed E-state index contributed by atoms with van der Waals surface area (Å²) < 4.78 is 6.85. The molecule has 0 unspecified atom stereocenters. The summed E-state index contributed by atoms with van der Waals surface area (Å²) in [5.41, 5.74) is 3.95. The molecule has 2 heterocycles. The third-order valence-electron chi connectivity index (χ3n) is 4.07. The molecule has 7 nitrogen and oxygen atoms in total. The molecule has 132 valence electrons. The largest absolute Gasteiger partial charge is 0.481 e. The molecule has 0 spiro atoms. The van der Waals surface area contributed by atoms with Gasteiger partial charge in [0.1, 0.15) is 0 Å². The van der Waals surface area contributed by atoms with Crippen LogP contribution in [0.15, 0.2) is 18.3 Å². The number of carbonyl (C=O) groups is 1. The van der Waals surface area contributed by atoms with Crippen molar-refractivity contribution in [1.29, 1.82) is 5.26 Å². The Morgan fingerprint density at radius 3 is 2.84 bits per heavy atom. The van der Waals surface area contributed by atoms with Gasteiger partial charge in [-0.05, 0) is 31.4 Å². The van der Waals surface area contributed by atoms with E-state index in [-0.39, 0.29) is 5.91 Å². The number of hydrogen-bond donors (Lipinski definition) is 1. The first-order valence-corrected chi connectivity index (χ1v) is 8.20. The summed E-state index contributed by atoms with van der Waals surface area (Å²) in [6.45, 7) is 4.94. The lowest BCUT2D eigenvalue weighted by atomic mass is 10.1. The average Bonchev–Trinajstić information content (AvgIpc) is 2.90. The molecule has 0 aromatic carbocycles. The van der Waals surface area contributed by atoms with Crippen LogP contribution in [0.2, 0.25) is 0 Å². The number of pyridine rings is 1. The summed E-state index contributed by atoms with van der Waals surface area (Å²) in [7, 11) is 1.57. The second-order valence-electron chi connectivity index (χ2n) is 5.77. The molecule has 0 saturated heterocycles. The quantitative estimate of drug-likeness (QED) is 0.793. The van der Waals surface area contributed by atoms with Crippen LogP contribution in [0.25, 0.3) is 0 Å². The molecule has 2 aromatic rings. The van der Waals surface area contributed by atoms with Gasteiger partial charge in [0.05, 0.1) is 31.8 Å². The Kier molecular flexibility index (Phi) is 6.52. The first-order valence-electron chi connectivity index (χ1n) is 8.20. The molecular formula is C18H23N5O2. The van der Waals surface area contributed by atoms with Crippen molar-refractivity contribution in [2.45, 2.75) is 46.2 Å². The zero-order chi connectivity index (χ0) is 18.2. The molecule has 25 heavy (non-hydrogen) atoms. The number of ether oxygens (including phenoxy) is 1. The highest BCUT2D eigenvalue weighted by Gasteiger charge is 2.13. The Bertz CT molecular complexity index is 759. The molecule has 0 fully saturated rings. The van der Waals surface area contributed by atoms with E-state index in [0.717, 1.165) is 22.5 Å². The van der Waals surface area contributed by atoms with Crippen molar-refractivity contribution >= 4 is 5.91 Å². The summed E-state index contributed by atoms with van der Waals surface area (Å²) in [5, 5.41) is 16.0. The number of aryl methyl sites for hydroxylation is 2. The van der Waals surface area contributed by atoms with Gasteiger partial charge in [0.15, 0.2) is 0 Å². The normalized spacial score (nSPS) is 10.3. The Hall–Kier alpha value is -2.88. The van der Waals surface area contributed by atoms with Crippen LogP contribution in [-0.2, 0) is 24.3 Å². The van der Waals surface area contributed by atoms with Crippen LogP contribution in [0.3, 0.4) is 0 Å². The summed E-state index contributed by atoms with van der Waals surface area (Å²) in [5.74, 6) is 0.536. The van der Waals surface area contributed by atoms with Crippen molar-refractivity contribution < 1.29 is 9.53 Å². The SMILES string of the molecule is COc1ccc(CNC(=O)CCc2c(C)nn(CCC#N)c2C)cn1. The van der Waals surface area contributed by atoms with Crippen molar-refractivity contribution in [2.75, 3.05) is 7.11 Å². The van der Waals surface area contributed by atoms with Gasteiger partial charge in [-0.25, -0.2) is 4.98 Å². The zero-order valence-corrected chi connectivity index (χ0v) is 14.9. The molecule has 1 N–H and O–H groups in total. The van der Waals surface area contributed by atoms with Crippen molar-refractivity contribution in [3.8, 4) is 11.9 Å². The number of nitriles is 1. The number of nitrogens with zero attached hydrogens (tertiary/aromatic N) is 4. The van der Waals surface area contributed by atoms with Gasteiger partial charge in [0, 0.05) is 30.9 Å². The summed E-state index contributed by atoms with van der Waals surface area (Å²) in [4.78, 5) is 16.2. The molecule has 0 aliphatic rings. The van der Waals surface area contributed by atoms with E-state index < -0.39 is 0 Å². The summed E-state index contributed by atoms with van der Waals surface area (Å²) in [6.07, 6.45) is 3.15. The lowest BCUT2D eigenvalue weighted by Crippen LogP contribution is -2.23. The van der Waals surface area contributed by atoms with Gasteiger partial charge < -0.3 is 10.1 Å². The Labute approximate surface area is 147 Å². The molecule has 0 radical (unpaired) electrons. The van der Waals surface area contributed by atoms with Crippen LogP contribution in [0, 0.1) is 25.2 Å². The van der Waals surface area contributed by atoms with Crippen LogP contribution >= 0.6 is 0 Å². The third kappa shape index (κ3) is 5.05. The maximum Gasteiger partial charge on any atom is 0.220 e. The van der Waals surface area contributed by atoms with E-state index in [9.17, 15) is 4.79 Å². The number of hydrogen-bond acceptors (Lipinski definition) is 5. The number of nitrogens with one attached hydrogen (secondary N) is 1. The molecule has 0 saturated carbocycles. The van der Waals surface area contributed by atoms with Crippen LogP contribution in [0.4, 0.5) is 0 Å². The smallest absolute Gasteiger partial charge is 0.220 e. The Morgan fingerprint density at radius 1 is 1.40 bits per heavy atom. The van der Waals surface area contributed by atoms with Crippen molar-refractivity contribution in [3.63, 3.8) is 0 Å². The van der Waals surface area contributed by atoms with Gasteiger partial charge in [0.2, 0.25) is 11.8 Å². The summed E-state index contributed by atoms with van der Waals surface area (Å²) in [6, 6.07) is 5.77. The van der Waals surface area contributed by atoms with E-state index in [1.807, 2.05) is 24.6 Å². The third-order valence-corrected chi connectivity index (χ3v) is 4.07. The minimum absolute atomic E-state index is 0.0145. The number of rotatable bonds is 8. The van der Waals surface area contributed by atoms with Crippen molar-refractivity contribution in [2.24, 2.45) is 0 Å². The molecule has 0 aliphatic carbocycles. The fraction of sp³-hybridized carbons (Fsp3) is 0.444. The van der Waals surface area contributed by atoms with Crippen LogP contribution in [-0.4, -0.2) is 27.8 Å². The van der Waals surface area contributed by atoms with Gasteiger partial charge in [-0.1, -0.05) is 6.07 Å². The minimum Gasteiger partial charge on any atom is -0.481 e. The monoisotopic (exact) mass is 341 g/mol. The minimum atomic E-state index is -0.0145. The first kappa shape index (κ1) is 18.5. The number of aromatic nitrogens is 3. The van der Waals surface area contributed by atoms with Crippen LogP contribution < -0.4 is 10.1 Å². The predicted octanol–water partition coefficient (Wildman–Crippen LogP) is 2.07. The number of methoxy groups -OCH3 is 1. The fourth-order valence-electron chi connectivity index (χ4n) is 2.63. The van der Waals surface area contributed by atoms with E-state index in [1.54, 1.807) is 19.4 Å². The lowest BCUT2D eigenvalue weighted by Gasteiger charge is -2.07. The molecule has 0 atom stereocenters. The molecule has 0 bridgehead atoms. The molecule has 7 heteroatoms. The molecule has 2 aromatic heterocycles. The molecular weight excluding hydrogens is 318 g/mol. The molecule has 2 rings (SSSR count). The van der Waals surface area contributed by atoms with E-state index in [0.29, 0.717) is 38.2 Å². The predicted molar refractivity (Wildman–Crippen MR) is 92.9 cm³/mol. The van der Waals surface area contributed by atoms with Gasteiger partial charge in [-0.3, -0.25) is 9.48 Å². The standard InChI is InChI=1S/C18H23N5O2/c1-13-16(14(2)23(22-13)10-4-9-19)6-7-17(24)20-11-15-5-8-18(25-3)21-12-15/h5,8,12H,4,6-7,10-11H2,1-3H3,(H,20,24). The van der Waals surface area contributed by atoms with Gasteiger partial charge in [-0.15, -0.1) is 0 Å². The van der Waals surface area contributed by atoms with E-state index in [2.05, 4.69) is 21.5 Å². The number of carbonyl (C=O) groups excluding carboxylic acids is 1. The van der Waals surface area contributed by atoms with Gasteiger partial charge in [-0.2, -0.15) is 10.4 Å². The van der Waals surface area contributed by atoms with Crippen molar-refractivity contribution in [1.82, 2.24) is 20.1 Å². The average molecular weight is 341 g/mol. The highest BCUT2D eigenvalue weighted by Crippen LogP contribution is 2.15. The zero-order valence-electron chi connectivity index (χ0n) is 14.9. The van der Waals surface area contributed by atoms with E-state index in [4.69, 9.17) is 10.00 Å². The lowest BCUT2D eigenvalue weighted by molar-refractivity contribution is -0.121. The van der Waals surface area contributed by atoms with Crippen molar-refractivity contribution in [3.05, 3.63) is 40.8 Å². The Morgan fingerprint density at radius 2 is 2.20 bits per heavy atom. The second-order valence-corrected chi connectivity index (χ2v) is 5.77. The highest BCUT2D eigenvalue weighted by molar-refractivity contribution is 5.76. The highest BCUT2D eigenvalue weighted by atomic mass is 16.5. The number of amides is 1. The van der Waals surface area contributed by atoms with Gasteiger partial charge >= 0.3 is 0 Å². The second kappa shape index (κ2) is 8.83. The van der Waals surface area contributed by atoms with Crippen LogP contribution in [0.5, 0.6) is 5.88 Å². The van der Waals surface area contributed by atoms with E-state index >= 15 is 0 Å². The molecule has 0 aliphatic heterocycles. The topological polar surface area (TPSA) is 92.8 Å². The fourth-order valence-corrected chi connectivity index (χ4v) is 2.63. The van der Waals surface area contributed by atoms with E-state index in [1.165, 1.54) is 0 Å². The Balaban J connectivity index is 1.85. The first-order chi connectivity index (χ1) is 12.0.